The predicted octanol–water partition coefficient (Wildman–Crippen LogP) is 1.55. The first kappa shape index (κ1) is 29.0. The van der Waals surface area contributed by atoms with Crippen LogP contribution in [0.2, 0.25) is 4.31 Å². The summed E-state index contributed by atoms with van der Waals surface area (Å²) in [6.07, 6.45) is -0.821. The van der Waals surface area contributed by atoms with E-state index in [0.29, 0.717) is 10.4 Å². The second kappa shape index (κ2) is 10.6. The number of carbonyl (C=O) groups excluding carboxylic acids is 4. The molecule has 0 saturated heterocycles. The average molecular weight is 595 g/mol. The number of benzene rings is 1. The number of aliphatic imine (C=N–C) groups is 1. The van der Waals surface area contributed by atoms with Crippen LogP contribution in [-0.4, -0.2) is 86.1 Å². The zero-order chi connectivity index (χ0) is 28.5. The molecule has 13 nitrogen and oxygen atoms in total. The molecule has 0 bridgehead atoms. The molecule has 4 amide bonds. The molecule has 3 rings (SSSR count). The Morgan fingerprint density at radius 1 is 1.13 bits per heavy atom. The van der Waals surface area contributed by atoms with Gasteiger partial charge in [0.2, 0.25) is 0 Å². The fraction of sp³-hybridized carbons (Fsp3) is 0.458. The van der Waals surface area contributed by atoms with Gasteiger partial charge in [-0.3, -0.25) is 0 Å². The van der Waals surface area contributed by atoms with E-state index in [9.17, 15) is 19.2 Å². The monoisotopic (exact) mass is 595 g/mol. The molecule has 206 valence electrons. The van der Waals surface area contributed by atoms with Gasteiger partial charge >= 0.3 is 228 Å². The number of nitrogens with one attached hydrogen (secondary N) is 4. The molecule has 38 heavy (non-hydrogen) atoms. The van der Waals surface area contributed by atoms with Gasteiger partial charge in [-0.1, -0.05) is 0 Å². The van der Waals surface area contributed by atoms with Gasteiger partial charge in [-0.15, -0.1) is 0 Å². The molecule has 1 spiro atoms. The standard InChI is InChI=1S/C24H33N7O6Se/c1-14-16(17(32)36-8)24(18(33)26-20(38-24)30(6)7)23(5,29-27-21(35)37-22(2,3)4)31(14)28-19(34)25-15-12-10-9-11-13-15/h9-13,29H,1-8H3,(H,27,35)(H2,25,28,34). The summed E-state index contributed by atoms with van der Waals surface area (Å²) in [4.78, 5) is 58.5. The van der Waals surface area contributed by atoms with Crippen LogP contribution in [0.3, 0.4) is 0 Å². The van der Waals surface area contributed by atoms with Crippen LogP contribution in [0.1, 0.15) is 34.6 Å². The number of para-hydroxylation sites is 1. The molecular formula is C24H33N7O6Se. The SMILES string of the molecule is COC(=O)C1=C(C)N(NC(=O)Nc2ccccc2)C(C)(NNC(=O)OC(C)(C)C)C12[Se]C(N(C)C)=NC2=O. The number of hydrogen-bond donors (Lipinski definition) is 4. The number of hydrazine groups is 2. The zero-order valence-electron chi connectivity index (χ0n) is 22.6. The number of methoxy groups -OCH3 is 1. The summed E-state index contributed by atoms with van der Waals surface area (Å²) in [5.41, 5.74) is 6.45. The van der Waals surface area contributed by atoms with Crippen LogP contribution < -0.4 is 21.6 Å². The van der Waals surface area contributed by atoms with Crippen LogP contribution in [0.4, 0.5) is 15.3 Å². The van der Waals surface area contributed by atoms with E-state index in [4.69, 9.17) is 9.47 Å². The minimum absolute atomic E-state index is 0.0200. The van der Waals surface area contributed by atoms with Crippen molar-refractivity contribution in [3.8, 4) is 0 Å². The van der Waals surface area contributed by atoms with Crippen molar-refractivity contribution in [1.82, 2.24) is 26.2 Å². The van der Waals surface area contributed by atoms with E-state index in [1.807, 2.05) is 6.07 Å². The average Bonchev–Trinajstić information content (AvgIpc) is 3.26. The maximum absolute atomic E-state index is 13.7. The van der Waals surface area contributed by atoms with E-state index in [-0.39, 0.29) is 11.3 Å². The Labute approximate surface area is 227 Å². The Morgan fingerprint density at radius 2 is 1.76 bits per heavy atom. The topological polar surface area (TPSA) is 154 Å². The molecule has 2 aliphatic rings. The number of anilines is 1. The first-order chi connectivity index (χ1) is 17.7. The summed E-state index contributed by atoms with van der Waals surface area (Å²) in [6.45, 7) is 8.27. The van der Waals surface area contributed by atoms with Crippen molar-refractivity contribution >= 4 is 49.4 Å². The molecule has 0 saturated carbocycles. The second-order valence-corrected chi connectivity index (χ2v) is 12.4. The molecule has 0 fully saturated rings. The van der Waals surface area contributed by atoms with Gasteiger partial charge in [0.1, 0.15) is 0 Å². The van der Waals surface area contributed by atoms with Gasteiger partial charge < -0.3 is 0 Å². The van der Waals surface area contributed by atoms with Crippen molar-refractivity contribution in [2.75, 3.05) is 26.5 Å². The van der Waals surface area contributed by atoms with E-state index in [1.165, 1.54) is 12.1 Å². The summed E-state index contributed by atoms with van der Waals surface area (Å²) in [7, 11) is 4.69. The van der Waals surface area contributed by atoms with Gasteiger partial charge in [-0.05, 0) is 0 Å². The van der Waals surface area contributed by atoms with Crippen LogP contribution in [0.15, 0.2) is 46.6 Å². The molecule has 0 radical (unpaired) electrons. The molecule has 0 aliphatic carbocycles. The van der Waals surface area contributed by atoms with E-state index in [0.717, 1.165) is 0 Å². The summed E-state index contributed by atoms with van der Waals surface area (Å²) in [5.74, 6) is -1.37. The Balaban J connectivity index is 2.08. The number of amidine groups is 1. The van der Waals surface area contributed by atoms with Crippen LogP contribution in [0.25, 0.3) is 0 Å². The maximum atomic E-state index is 13.7. The summed E-state index contributed by atoms with van der Waals surface area (Å²) in [6, 6.07) is 8.09. The van der Waals surface area contributed by atoms with Crippen molar-refractivity contribution < 1.29 is 28.7 Å². The first-order valence-electron chi connectivity index (χ1n) is 11.6. The molecule has 2 unspecified atom stereocenters. The summed E-state index contributed by atoms with van der Waals surface area (Å²) in [5, 5.41) is 4.05. The van der Waals surface area contributed by atoms with E-state index >= 15 is 0 Å². The number of allylic oxidation sites excluding steroid dienone is 1. The predicted molar refractivity (Wildman–Crippen MR) is 141 cm³/mol. The number of urea groups is 1. The molecule has 2 atom stereocenters. The number of nitrogens with zero attached hydrogens (tertiary/aromatic N) is 3. The molecule has 1 aromatic carbocycles. The van der Waals surface area contributed by atoms with Crippen molar-refractivity contribution in [2.24, 2.45) is 4.99 Å². The fourth-order valence-corrected chi connectivity index (χ4v) is 7.04. The van der Waals surface area contributed by atoms with E-state index in [1.54, 1.807) is 77.9 Å². The molecule has 2 aliphatic heterocycles. The molecule has 0 aromatic heterocycles. The summed E-state index contributed by atoms with van der Waals surface area (Å²) < 4.78 is 9.27. The number of ether oxygens (including phenoxy) is 2. The Bertz CT molecular complexity index is 1200. The van der Waals surface area contributed by atoms with Gasteiger partial charge in [0, 0.05) is 0 Å². The zero-order valence-corrected chi connectivity index (χ0v) is 24.3. The van der Waals surface area contributed by atoms with Crippen molar-refractivity contribution in [2.45, 2.75) is 50.2 Å². The molecular weight excluding hydrogens is 561 g/mol. The quantitative estimate of drug-likeness (QED) is 0.226. The normalized spacial score (nSPS) is 22.8. The van der Waals surface area contributed by atoms with Gasteiger partial charge in [0.15, 0.2) is 0 Å². The fourth-order valence-electron chi connectivity index (χ4n) is 4.12. The number of hydrogen-bond acceptors (Lipinski definition) is 9. The molecule has 4 N–H and O–H groups in total. The number of esters is 1. The van der Waals surface area contributed by atoms with Crippen LogP contribution in [0.5, 0.6) is 0 Å². The Kier molecular flexibility index (Phi) is 8.10. The molecule has 1 aromatic rings. The van der Waals surface area contributed by atoms with Gasteiger partial charge in [0.25, 0.3) is 0 Å². The third-order valence-electron chi connectivity index (χ3n) is 5.75. The van der Waals surface area contributed by atoms with Crippen LogP contribution in [-0.2, 0) is 19.1 Å². The molecule has 14 heteroatoms. The van der Waals surface area contributed by atoms with Crippen LogP contribution >= 0.6 is 0 Å². The number of rotatable bonds is 5. The second-order valence-electron chi connectivity index (χ2n) is 9.92. The first-order valence-corrected chi connectivity index (χ1v) is 13.4. The van der Waals surface area contributed by atoms with Gasteiger partial charge in [-0.2, -0.15) is 0 Å². The van der Waals surface area contributed by atoms with Crippen molar-refractivity contribution in [3.63, 3.8) is 0 Å². The Morgan fingerprint density at radius 3 is 2.29 bits per heavy atom. The number of amides is 4. The minimum atomic E-state index is -1.62. The third-order valence-corrected chi connectivity index (χ3v) is 9.36. The van der Waals surface area contributed by atoms with E-state index < -0.39 is 54.5 Å². The third kappa shape index (κ3) is 5.33. The van der Waals surface area contributed by atoms with Crippen molar-refractivity contribution in [3.05, 3.63) is 41.6 Å². The molecule has 2 heterocycles. The van der Waals surface area contributed by atoms with Crippen LogP contribution in [0, 0.1) is 0 Å². The van der Waals surface area contributed by atoms with E-state index in [2.05, 4.69) is 26.6 Å². The van der Waals surface area contributed by atoms with Gasteiger partial charge in [-0.25, -0.2) is 0 Å². The number of carbonyl (C=O) groups is 4. The summed E-state index contributed by atoms with van der Waals surface area (Å²) >= 11 is -0.776. The Hall–Kier alpha value is -3.61. The van der Waals surface area contributed by atoms with Gasteiger partial charge in [0.05, 0.1) is 0 Å². The van der Waals surface area contributed by atoms with Crippen molar-refractivity contribution in [1.29, 1.82) is 0 Å².